The van der Waals surface area contributed by atoms with Crippen LogP contribution in [0.4, 0.5) is 4.79 Å². The van der Waals surface area contributed by atoms with Crippen LogP contribution in [0.15, 0.2) is 42.9 Å². The minimum atomic E-state index is -0.843. The van der Waals surface area contributed by atoms with E-state index in [4.69, 9.17) is 5.11 Å². The number of benzene rings is 1. The lowest BCUT2D eigenvalue weighted by atomic mass is 9.95. The zero-order valence-electron chi connectivity index (χ0n) is 12.6. The molecule has 2 aromatic heterocycles. The number of rotatable bonds is 2. The molecule has 3 aromatic rings. The number of carboxylic acid groups (broad SMARTS) is 1. The number of para-hydroxylation sites is 1. The van der Waals surface area contributed by atoms with E-state index >= 15 is 0 Å². The molecule has 23 heavy (non-hydrogen) atoms. The number of imidazole rings is 1. The van der Waals surface area contributed by atoms with E-state index in [1.807, 2.05) is 29.0 Å². The van der Waals surface area contributed by atoms with Crippen LogP contribution in [0.5, 0.6) is 0 Å². The highest BCUT2D eigenvalue weighted by Crippen LogP contribution is 2.26. The number of hydrogen-bond donors (Lipinski definition) is 2. The maximum Gasteiger partial charge on any atom is 0.407 e. The Morgan fingerprint density at radius 2 is 2.22 bits per heavy atom. The molecule has 0 radical (unpaired) electrons. The number of carbonyl (C=O) groups is 1. The molecule has 2 N–H and O–H groups in total. The van der Waals surface area contributed by atoms with Gasteiger partial charge in [0.15, 0.2) is 0 Å². The van der Waals surface area contributed by atoms with Gasteiger partial charge in [-0.05, 0) is 25.0 Å². The van der Waals surface area contributed by atoms with Crippen molar-refractivity contribution in [3.05, 3.63) is 48.5 Å². The molecule has 1 fully saturated rings. The van der Waals surface area contributed by atoms with Crippen molar-refractivity contribution in [1.29, 1.82) is 0 Å². The van der Waals surface area contributed by atoms with Gasteiger partial charge < -0.3 is 15.0 Å². The molecule has 1 aliphatic heterocycles. The van der Waals surface area contributed by atoms with Crippen molar-refractivity contribution in [2.24, 2.45) is 0 Å². The van der Waals surface area contributed by atoms with Crippen molar-refractivity contribution in [3.8, 4) is 5.82 Å². The lowest BCUT2D eigenvalue weighted by Crippen LogP contribution is -2.38. The van der Waals surface area contributed by atoms with Gasteiger partial charge in [-0.2, -0.15) is 0 Å². The van der Waals surface area contributed by atoms with Crippen LogP contribution in [0.3, 0.4) is 0 Å². The molecule has 118 valence electrons. The van der Waals surface area contributed by atoms with E-state index < -0.39 is 6.09 Å². The predicted octanol–water partition coefficient (Wildman–Crippen LogP) is 3.21. The van der Waals surface area contributed by atoms with Crippen LogP contribution >= 0.6 is 0 Å². The highest BCUT2D eigenvalue weighted by molar-refractivity contribution is 5.81. The third-order valence-electron chi connectivity index (χ3n) is 4.51. The SMILES string of the molecule is O=C(O)N1CCC[C@H](c2cn(-c3cc4ccccc4[nH]3)cn2)C1. The van der Waals surface area contributed by atoms with Crippen molar-refractivity contribution < 1.29 is 9.90 Å². The normalized spacial score (nSPS) is 18.4. The summed E-state index contributed by atoms with van der Waals surface area (Å²) in [6.07, 6.45) is 4.81. The molecule has 4 rings (SSSR count). The molecular formula is C17H18N4O2. The van der Waals surface area contributed by atoms with Gasteiger partial charge in [0.05, 0.1) is 5.69 Å². The van der Waals surface area contributed by atoms with Crippen LogP contribution in [0.1, 0.15) is 24.5 Å². The highest BCUT2D eigenvalue weighted by atomic mass is 16.4. The number of aromatic nitrogens is 3. The predicted molar refractivity (Wildman–Crippen MR) is 87.0 cm³/mol. The van der Waals surface area contributed by atoms with E-state index in [-0.39, 0.29) is 5.92 Å². The average Bonchev–Trinajstić information content (AvgIpc) is 3.21. The maximum absolute atomic E-state index is 11.2. The first-order valence-electron chi connectivity index (χ1n) is 7.80. The first kappa shape index (κ1) is 13.9. The van der Waals surface area contributed by atoms with Crippen LogP contribution in [-0.2, 0) is 0 Å². The lowest BCUT2D eigenvalue weighted by Gasteiger charge is -2.29. The zero-order valence-corrected chi connectivity index (χ0v) is 12.6. The molecule has 1 atom stereocenters. The summed E-state index contributed by atoms with van der Waals surface area (Å²) in [7, 11) is 0. The van der Waals surface area contributed by atoms with Gasteiger partial charge >= 0.3 is 6.09 Å². The van der Waals surface area contributed by atoms with Crippen LogP contribution in [0.2, 0.25) is 0 Å². The second-order valence-electron chi connectivity index (χ2n) is 6.02. The van der Waals surface area contributed by atoms with E-state index in [0.717, 1.165) is 35.3 Å². The Hall–Kier alpha value is -2.76. The van der Waals surface area contributed by atoms with E-state index in [1.165, 1.54) is 4.90 Å². The van der Waals surface area contributed by atoms with Gasteiger partial charge in [-0.3, -0.25) is 4.57 Å². The molecule has 6 heteroatoms. The van der Waals surface area contributed by atoms with Crippen LogP contribution in [0.25, 0.3) is 16.7 Å². The van der Waals surface area contributed by atoms with Crippen LogP contribution in [0, 0.1) is 0 Å². The fraction of sp³-hybridized carbons (Fsp3) is 0.294. The molecule has 0 aliphatic carbocycles. The third-order valence-corrected chi connectivity index (χ3v) is 4.51. The fourth-order valence-electron chi connectivity index (χ4n) is 3.27. The Balaban J connectivity index is 1.60. The largest absolute Gasteiger partial charge is 0.465 e. The van der Waals surface area contributed by atoms with Crippen molar-refractivity contribution in [2.75, 3.05) is 13.1 Å². The molecule has 1 aliphatic rings. The topological polar surface area (TPSA) is 74.2 Å². The van der Waals surface area contributed by atoms with Gasteiger partial charge in [-0.25, -0.2) is 9.78 Å². The number of amides is 1. The molecule has 0 spiro atoms. The quantitative estimate of drug-likeness (QED) is 0.763. The van der Waals surface area contributed by atoms with E-state index in [1.54, 1.807) is 6.33 Å². The van der Waals surface area contributed by atoms with Crippen LogP contribution in [-0.4, -0.2) is 43.7 Å². The van der Waals surface area contributed by atoms with Gasteiger partial charge in [0.1, 0.15) is 12.1 Å². The molecule has 0 unspecified atom stereocenters. The summed E-state index contributed by atoms with van der Waals surface area (Å²) in [6.45, 7) is 1.15. The Kier molecular flexibility index (Phi) is 3.29. The smallest absolute Gasteiger partial charge is 0.407 e. The molecule has 0 bridgehead atoms. The minimum absolute atomic E-state index is 0.172. The van der Waals surface area contributed by atoms with Gasteiger partial charge in [0, 0.05) is 36.1 Å². The van der Waals surface area contributed by atoms with E-state index in [0.29, 0.717) is 13.1 Å². The number of fused-ring (bicyclic) bond motifs is 1. The Morgan fingerprint density at radius 3 is 3.04 bits per heavy atom. The van der Waals surface area contributed by atoms with Crippen LogP contribution < -0.4 is 0 Å². The Bertz CT molecular complexity index is 818. The monoisotopic (exact) mass is 310 g/mol. The number of nitrogens with zero attached hydrogens (tertiary/aromatic N) is 3. The lowest BCUT2D eigenvalue weighted by molar-refractivity contribution is 0.130. The van der Waals surface area contributed by atoms with E-state index in [9.17, 15) is 4.79 Å². The summed E-state index contributed by atoms with van der Waals surface area (Å²) >= 11 is 0. The van der Waals surface area contributed by atoms with Gasteiger partial charge in [0.2, 0.25) is 0 Å². The second-order valence-corrected chi connectivity index (χ2v) is 6.02. The van der Waals surface area contributed by atoms with Crippen molar-refractivity contribution in [1.82, 2.24) is 19.4 Å². The first-order chi connectivity index (χ1) is 11.2. The number of likely N-dealkylation sites (tertiary alicyclic amines) is 1. The van der Waals surface area contributed by atoms with Gasteiger partial charge in [-0.1, -0.05) is 18.2 Å². The molecule has 1 aromatic carbocycles. The minimum Gasteiger partial charge on any atom is -0.465 e. The molecular weight excluding hydrogens is 292 g/mol. The molecule has 1 saturated heterocycles. The number of nitrogens with one attached hydrogen (secondary N) is 1. The van der Waals surface area contributed by atoms with Crippen molar-refractivity contribution >= 4 is 17.0 Å². The summed E-state index contributed by atoms with van der Waals surface area (Å²) in [5, 5.41) is 10.3. The summed E-state index contributed by atoms with van der Waals surface area (Å²) in [4.78, 5) is 20.5. The Labute approximate surface area is 133 Å². The maximum atomic E-state index is 11.2. The molecule has 1 amide bonds. The summed E-state index contributed by atoms with van der Waals surface area (Å²) in [5.74, 6) is 1.14. The summed E-state index contributed by atoms with van der Waals surface area (Å²) in [5.41, 5.74) is 2.04. The van der Waals surface area contributed by atoms with Crippen molar-refractivity contribution in [2.45, 2.75) is 18.8 Å². The van der Waals surface area contributed by atoms with Gasteiger partial charge in [-0.15, -0.1) is 0 Å². The second kappa shape index (κ2) is 5.46. The summed E-state index contributed by atoms with van der Waals surface area (Å²) in [6, 6.07) is 10.2. The standard InChI is InChI=1S/C17H18N4O2/c22-17(23)20-7-3-5-13(9-20)15-10-21(11-18-15)16-8-12-4-1-2-6-14(12)19-16/h1-2,4,6,8,10-11,13,19H,3,5,7,9H2,(H,22,23)/t13-/m0/s1. The number of aromatic amines is 1. The number of piperidine rings is 1. The van der Waals surface area contributed by atoms with Gasteiger partial charge in [0.25, 0.3) is 0 Å². The highest BCUT2D eigenvalue weighted by Gasteiger charge is 2.25. The van der Waals surface area contributed by atoms with Crippen molar-refractivity contribution in [3.63, 3.8) is 0 Å². The summed E-state index contributed by atoms with van der Waals surface area (Å²) < 4.78 is 1.97. The fourth-order valence-corrected chi connectivity index (χ4v) is 3.27. The first-order valence-corrected chi connectivity index (χ1v) is 7.80. The Morgan fingerprint density at radius 1 is 1.35 bits per heavy atom. The molecule has 3 heterocycles. The molecule has 6 nitrogen and oxygen atoms in total. The van der Waals surface area contributed by atoms with E-state index in [2.05, 4.69) is 22.1 Å². The number of H-pyrrole nitrogens is 1. The molecule has 0 saturated carbocycles. The average molecular weight is 310 g/mol. The third kappa shape index (κ3) is 2.56. The number of hydrogen-bond acceptors (Lipinski definition) is 2. The zero-order chi connectivity index (χ0) is 15.8.